The summed E-state index contributed by atoms with van der Waals surface area (Å²) in [5.41, 5.74) is 1.92. The molecule has 0 unspecified atom stereocenters. The molecule has 0 fully saturated rings. The quantitative estimate of drug-likeness (QED) is 0.802. The molecule has 1 aromatic heterocycles. The molecule has 0 aromatic carbocycles. The average Bonchev–Trinajstić information content (AvgIpc) is 2.43. The van der Waals surface area contributed by atoms with Crippen LogP contribution in [0.5, 0.6) is 0 Å². The zero-order valence-electron chi connectivity index (χ0n) is 7.83. The van der Waals surface area contributed by atoms with Gasteiger partial charge in [-0.3, -0.25) is 0 Å². The van der Waals surface area contributed by atoms with Gasteiger partial charge >= 0.3 is 5.97 Å². The van der Waals surface area contributed by atoms with Crippen molar-refractivity contribution in [2.45, 2.75) is 18.7 Å². The van der Waals surface area contributed by atoms with Gasteiger partial charge in [-0.15, -0.1) is 23.1 Å². The Morgan fingerprint density at radius 3 is 2.86 bits per heavy atom. The molecule has 2 rings (SSSR count). The molecule has 1 aromatic rings. The predicted molar refractivity (Wildman–Crippen MR) is 59.5 cm³/mol. The lowest BCUT2D eigenvalue weighted by molar-refractivity contribution is 0.0701. The molecule has 0 atom stereocenters. The molecular weight excluding hydrogens is 218 g/mol. The van der Waals surface area contributed by atoms with E-state index in [2.05, 4.69) is 4.99 Å². The minimum atomic E-state index is -0.852. The van der Waals surface area contributed by atoms with Crippen LogP contribution in [0.2, 0.25) is 0 Å². The third kappa shape index (κ3) is 1.46. The van der Waals surface area contributed by atoms with E-state index in [-0.39, 0.29) is 0 Å². The maximum Gasteiger partial charge on any atom is 0.346 e. The number of carbonyl (C=O) groups is 1. The molecule has 3 nitrogen and oxygen atoms in total. The van der Waals surface area contributed by atoms with Gasteiger partial charge in [-0.25, -0.2) is 9.79 Å². The molecule has 1 N–H and O–H groups in total. The Balaban J connectivity index is 2.57. The maximum atomic E-state index is 10.9. The van der Waals surface area contributed by atoms with Gasteiger partial charge < -0.3 is 5.11 Å². The van der Waals surface area contributed by atoms with E-state index in [1.165, 1.54) is 11.3 Å². The summed E-state index contributed by atoms with van der Waals surface area (Å²) < 4.78 is 0. The first-order chi connectivity index (χ1) is 6.59. The van der Waals surface area contributed by atoms with Crippen LogP contribution in [0.3, 0.4) is 0 Å². The van der Waals surface area contributed by atoms with E-state index in [0.29, 0.717) is 4.88 Å². The lowest BCUT2D eigenvalue weighted by Crippen LogP contribution is -1.99. The van der Waals surface area contributed by atoms with Gasteiger partial charge in [0, 0.05) is 16.4 Å². The minimum Gasteiger partial charge on any atom is -0.477 e. The highest BCUT2D eigenvalue weighted by Crippen LogP contribution is 2.44. The molecule has 1 aliphatic heterocycles. The third-order valence-electron chi connectivity index (χ3n) is 1.99. The maximum absolute atomic E-state index is 10.9. The van der Waals surface area contributed by atoms with Crippen molar-refractivity contribution in [3.05, 3.63) is 10.4 Å². The fourth-order valence-corrected chi connectivity index (χ4v) is 3.57. The highest BCUT2D eigenvalue weighted by Gasteiger charge is 2.22. The summed E-state index contributed by atoms with van der Waals surface area (Å²) in [5, 5.41) is 9.79. The summed E-state index contributed by atoms with van der Waals surface area (Å²) in [4.78, 5) is 16.7. The average molecular weight is 227 g/mol. The van der Waals surface area contributed by atoms with Gasteiger partial charge in [-0.05, 0) is 19.4 Å². The van der Waals surface area contributed by atoms with E-state index in [0.717, 1.165) is 26.9 Å². The number of hydrogen-bond acceptors (Lipinski definition) is 4. The van der Waals surface area contributed by atoms with Crippen molar-refractivity contribution in [2.75, 3.05) is 5.75 Å². The molecule has 0 saturated carbocycles. The topological polar surface area (TPSA) is 49.7 Å². The number of hydrogen-bond donors (Lipinski definition) is 1. The second kappa shape index (κ2) is 3.40. The number of carboxylic acids is 1. The van der Waals surface area contributed by atoms with Crippen molar-refractivity contribution in [2.24, 2.45) is 4.99 Å². The van der Waals surface area contributed by atoms with Crippen molar-refractivity contribution in [3.8, 4) is 0 Å². The van der Waals surface area contributed by atoms with Crippen LogP contribution in [0.25, 0.3) is 0 Å². The van der Waals surface area contributed by atoms with Gasteiger partial charge in [0.1, 0.15) is 9.88 Å². The van der Waals surface area contributed by atoms with Crippen LogP contribution in [0, 0.1) is 6.92 Å². The van der Waals surface area contributed by atoms with Crippen molar-refractivity contribution in [1.82, 2.24) is 0 Å². The smallest absolute Gasteiger partial charge is 0.346 e. The molecule has 2 heterocycles. The van der Waals surface area contributed by atoms with Crippen LogP contribution in [0.4, 0.5) is 5.00 Å². The largest absolute Gasteiger partial charge is 0.477 e. The Bertz CT molecular complexity index is 434. The fourth-order valence-electron chi connectivity index (χ4n) is 1.31. The van der Waals surface area contributed by atoms with Crippen molar-refractivity contribution < 1.29 is 9.90 Å². The number of nitrogens with zero attached hydrogens (tertiary/aromatic N) is 1. The molecule has 0 spiro atoms. The molecule has 0 saturated heterocycles. The Labute approximate surface area is 89.9 Å². The second-order valence-electron chi connectivity index (χ2n) is 3.13. The summed E-state index contributed by atoms with van der Waals surface area (Å²) in [5.74, 6) is 0.0132. The summed E-state index contributed by atoms with van der Waals surface area (Å²) in [6.45, 7) is 3.81. The first kappa shape index (κ1) is 9.73. The lowest BCUT2D eigenvalue weighted by Gasteiger charge is -2.08. The molecule has 0 bridgehead atoms. The molecule has 5 heteroatoms. The van der Waals surface area contributed by atoms with Gasteiger partial charge in [0.2, 0.25) is 0 Å². The van der Waals surface area contributed by atoms with E-state index >= 15 is 0 Å². The van der Waals surface area contributed by atoms with Gasteiger partial charge in [-0.1, -0.05) is 0 Å². The summed E-state index contributed by atoms with van der Waals surface area (Å²) in [6.07, 6.45) is 0. The van der Waals surface area contributed by atoms with Gasteiger partial charge in [0.25, 0.3) is 0 Å². The monoisotopic (exact) mass is 227 g/mol. The summed E-state index contributed by atoms with van der Waals surface area (Å²) in [7, 11) is 0. The molecule has 0 radical (unpaired) electrons. The van der Waals surface area contributed by atoms with Crippen LogP contribution in [0.1, 0.15) is 22.2 Å². The van der Waals surface area contributed by atoms with Crippen LogP contribution >= 0.6 is 23.1 Å². The lowest BCUT2D eigenvalue weighted by atomic mass is 10.3. The standard InChI is InChI=1S/C9H9NO2S2/c1-4-3-13-6-5(2)7(9(11)12)14-8(6)10-4/h3H2,1-2H3,(H,11,12). The van der Waals surface area contributed by atoms with Crippen LogP contribution in [-0.2, 0) is 0 Å². The van der Waals surface area contributed by atoms with E-state index in [9.17, 15) is 4.79 Å². The van der Waals surface area contributed by atoms with Gasteiger partial charge in [0.05, 0.1) is 0 Å². The molecule has 0 amide bonds. The zero-order chi connectivity index (χ0) is 10.3. The molecule has 1 aliphatic rings. The van der Waals surface area contributed by atoms with Crippen molar-refractivity contribution >= 4 is 39.8 Å². The van der Waals surface area contributed by atoms with Crippen LogP contribution in [0.15, 0.2) is 9.89 Å². The summed E-state index contributed by atoms with van der Waals surface area (Å²) >= 11 is 2.94. The molecular formula is C9H9NO2S2. The third-order valence-corrected chi connectivity index (χ3v) is 4.64. The van der Waals surface area contributed by atoms with Crippen molar-refractivity contribution in [1.29, 1.82) is 0 Å². The Morgan fingerprint density at radius 2 is 2.21 bits per heavy atom. The molecule has 14 heavy (non-hydrogen) atoms. The molecule has 74 valence electrons. The number of thioether (sulfide) groups is 1. The van der Waals surface area contributed by atoms with E-state index in [1.54, 1.807) is 11.8 Å². The normalized spacial score (nSPS) is 14.9. The number of rotatable bonds is 1. The van der Waals surface area contributed by atoms with Crippen LogP contribution in [-0.4, -0.2) is 22.5 Å². The zero-order valence-corrected chi connectivity index (χ0v) is 9.46. The first-order valence-corrected chi connectivity index (χ1v) is 5.93. The number of aliphatic imine (C=N–C) groups is 1. The first-order valence-electron chi connectivity index (χ1n) is 4.13. The fraction of sp³-hybridized carbons (Fsp3) is 0.333. The Hall–Kier alpha value is -0.810. The van der Waals surface area contributed by atoms with E-state index < -0.39 is 5.97 Å². The Morgan fingerprint density at radius 1 is 1.50 bits per heavy atom. The number of aromatic carboxylic acids is 1. The van der Waals surface area contributed by atoms with Crippen LogP contribution < -0.4 is 0 Å². The number of thiophene rings is 1. The van der Waals surface area contributed by atoms with Gasteiger partial charge in [0.15, 0.2) is 0 Å². The summed E-state index contributed by atoms with van der Waals surface area (Å²) in [6, 6.07) is 0. The van der Waals surface area contributed by atoms with Crippen molar-refractivity contribution in [3.63, 3.8) is 0 Å². The highest BCUT2D eigenvalue weighted by molar-refractivity contribution is 8.00. The molecule has 0 aliphatic carbocycles. The number of carboxylic acid groups (broad SMARTS) is 1. The van der Waals surface area contributed by atoms with E-state index in [1.807, 2.05) is 13.8 Å². The minimum absolute atomic E-state index is 0.418. The second-order valence-corrected chi connectivity index (χ2v) is 5.12. The predicted octanol–water partition coefficient (Wildman–Crippen LogP) is 2.95. The Kier molecular flexibility index (Phi) is 2.36. The highest BCUT2D eigenvalue weighted by atomic mass is 32.2. The van der Waals surface area contributed by atoms with E-state index in [4.69, 9.17) is 5.11 Å². The SMILES string of the molecule is CC1=Nc2sc(C(=O)O)c(C)c2SC1. The number of fused-ring (bicyclic) bond motifs is 1. The van der Waals surface area contributed by atoms with Gasteiger partial charge in [-0.2, -0.15) is 0 Å².